The first-order valence-corrected chi connectivity index (χ1v) is 7.09. The van der Waals surface area contributed by atoms with Gasteiger partial charge in [0.25, 0.3) is 0 Å². The fourth-order valence-corrected chi connectivity index (χ4v) is 3.50. The van der Waals surface area contributed by atoms with E-state index in [1.807, 2.05) is 11.3 Å². The number of aryl methyl sites for hydroxylation is 2. The Morgan fingerprint density at radius 3 is 2.67 bits per heavy atom. The minimum atomic E-state index is 0.652. The van der Waals surface area contributed by atoms with Crippen molar-refractivity contribution in [2.75, 3.05) is 13.1 Å². The van der Waals surface area contributed by atoms with Gasteiger partial charge in [0.2, 0.25) is 0 Å². The predicted molar refractivity (Wildman–Crippen MR) is 68.7 cm³/mol. The van der Waals surface area contributed by atoms with Crippen molar-refractivity contribution >= 4 is 27.3 Å². The molecule has 0 radical (unpaired) electrons. The third kappa shape index (κ3) is 2.60. The van der Waals surface area contributed by atoms with Crippen LogP contribution in [0.3, 0.4) is 0 Å². The van der Waals surface area contributed by atoms with E-state index in [-0.39, 0.29) is 0 Å². The SMILES string of the molecule is Cc1nc(CN2CC(C)C(Br)C2)sc1C. The van der Waals surface area contributed by atoms with Crippen LogP contribution in [-0.2, 0) is 6.54 Å². The first-order valence-electron chi connectivity index (χ1n) is 5.35. The number of hydrogen-bond donors (Lipinski definition) is 0. The molecule has 0 bridgehead atoms. The van der Waals surface area contributed by atoms with Gasteiger partial charge in [-0.15, -0.1) is 11.3 Å². The predicted octanol–water partition coefficient (Wildman–Crippen LogP) is 2.98. The van der Waals surface area contributed by atoms with Crippen LogP contribution in [0.15, 0.2) is 0 Å². The number of thiazole rings is 1. The van der Waals surface area contributed by atoms with E-state index in [4.69, 9.17) is 0 Å². The van der Waals surface area contributed by atoms with Gasteiger partial charge in [-0.1, -0.05) is 22.9 Å². The van der Waals surface area contributed by atoms with E-state index in [0.717, 1.165) is 19.0 Å². The Hall–Kier alpha value is 0.0700. The molecule has 2 rings (SSSR count). The first-order chi connectivity index (χ1) is 7.06. The van der Waals surface area contributed by atoms with Gasteiger partial charge in [-0.25, -0.2) is 4.98 Å². The van der Waals surface area contributed by atoms with Gasteiger partial charge < -0.3 is 0 Å². The molecule has 0 saturated carbocycles. The number of likely N-dealkylation sites (tertiary alicyclic amines) is 1. The van der Waals surface area contributed by atoms with Crippen molar-refractivity contribution in [3.8, 4) is 0 Å². The largest absolute Gasteiger partial charge is 0.295 e. The van der Waals surface area contributed by atoms with Gasteiger partial charge >= 0.3 is 0 Å². The average molecular weight is 289 g/mol. The molecule has 4 heteroatoms. The molecule has 0 aliphatic carbocycles. The van der Waals surface area contributed by atoms with Gasteiger partial charge in [-0.2, -0.15) is 0 Å². The summed E-state index contributed by atoms with van der Waals surface area (Å²) < 4.78 is 0. The number of hydrogen-bond acceptors (Lipinski definition) is 3. The zero-order valence-corrected chi connectivity index (χ0v) is 11.9. The molecule has 1 aliphatic heterocycles. The van der Waals surface area contributed by atoms with Gasteiger partial charge in [-0.3, -0.25) is 4.90 Å². The molecule has 2 nitrogen and oxygen atoms in total. The van der Waals surface area contributed by atoms with E-state index in [1.165, 1.54) is 22.1 Å². The fraction of sp³-hybridized carbons (Fsp3) is 0.727. The van der Waals surface area contributed by atoms with Crippen molar-refractivity contribution < 1.29 is 0 Å². The Labute approximate surface area is 104 Å². The molecule has 2 unspecified atom stereocenters. The Bertz CT molecular complexity index is 321. The van der Waals surface area contributed by atoms with Crippen LogP contribution in [0.1, 0.15) is 22.5 Å². The summed E-state index contributed by atoms with van der Waals surface area (Å²) in [5.74, 6) is 0.757. The molecule has 1 fully saturated rings. The normalized spacial score (nSPS) is 27.5. The molecule has 0 amide bonds. The van der Waals surface area contributed by atoms with Crippen LogP contribution in [0.5, 0.6) is 0 Å². The fourth-order valence-electron chi connectivity index (χ4n) is 1.95. The van der Waals surface area contributed by atoms with Crippen molar-refractivity contribution in [2.24, 2.45) is 5.92 Å². The molecule has 15 heavy (non-hydrogen) atoms. The van der Waals surface area contributed by atoms with Crippen molar-refractivity contribution in [1.29, 1.82) is 0 Å². The number of halogens is 1. The summed E-state index contributed by atoms with van der Waals surface area (Å²) in [6.45, 7) is 9.90. The molecule has 84 valence electrons. The van der Waals surface area contributed by atoms with Crippen LogP contribution in [0.4, 0.5) is 0 Å². The van der Waals surface area contributed by atoms with E-state index in [9.17, 15) is 0 Å². The Kier molecular flexibility index (Phi) is 3.48. The summed E-state index contributed by atoms with van der Waals surface area (Å²) >= 11 is 5.55. The maximum Gasteiger partial charge on any atom is 0.107 e. The summed E-state index contributed by atoms with van der Waals surface area (Å²) in [6, 6.07) is 0. The maximum absolute atomic E-state index is 4.59. The second-order valence-corrected chi connectivity index (χ2v) is 6.90. The molecule has 0 spiro atoms. The van der Waals surface area contributed by atoms with Crippen LogP contribution in [0, 0.1) is 19.8 Å². The highest BCUT2D eigenvalue weighted by Gasteiger charge is 2.27. The van der Waals surface area contributed by atoms with Crippen LogP contribution in [0.25, 0.3) is 0 Å². The second kappa shape index (κ2) is 4.52. The van der Waals surface area contributed by atoms with Crippen molar-refractivity contribution in [3.05, 3.63) is 15.6 Å². The topological polar surface area (TPSA) is 16.1 Å². The van der Waals surface area contributed by atoms with Crippen LogP contribution >= 0.6 is 27.3 Å². The van der Waals surface area contributed by atoms with E-state index in [1.54, 1.807) is 0 Å². The highest BCUT2D eigenvalue weighted by atomic mass is 79.9. The molecular weight excluding hydrogens is 272 g/mol. The number of nitrogens with zero attached hydrogens (tertiary/aromatic N) is 2. The maximum atomic E-state index is 4.59. The number of rotatable bonds is 2. The van der Waals surface area contributed by atoms with E-state index in [2.05, 4.69) is 46.6 Å². The van der Waals surface area contributed by atoms with E-state index < -0.39 is 0 Å². The number of alkyl halides is 1. The second-order valence-electron chi connectivity index (χ2n) is 4.44. The standard InChI is InChI=1S/C11H17BrN2S/c1-7-4-14(5-10(7)12)6-11-13-8(2)9(3)15-11/h7,10H,4-6H2,1-3H3. The lowest BCUT2D eigenvalue weighted by Crippen LogP contribution is -2.20. The Morgan fingerprint density at radius 2 is 2.20 bits per heavy atom. The minimum absolute atomic E-state index is 0.652. The van der Waals surface area contributed by atoms with E-state index >= 15 is 0 Å². The molecular formula is C11H17BrN2S. The molecule has 1 aromatic rings. The lowest BCUT2D eigenvalue weighted by atomic mass is 10.2. The smallest absolute Gasteiger partial charge is 0.107 e. The first kappa shape index (κ1) is 11.6. The van der Waals surface area contributed by atoms with Crippen LogP contribution in [0.2, 0.25) is 0 Å². The zero-order valence-electron chi connectivity index (χ0n) is 9.46. The van der Waals surface area contributed by atoms with Gasteiger partial charge in [0.15, 0.2) is 0 Å². The molecule has 2 atom stereocenters. The molecule has 2 heterocycles. The third-order valence-corrected chi connectivity index (χ3v) is 5.28. The summed E-state index contributed by atoms with van der Waals surface area (Å²) in [5, 5.41) is 1.26. The highest BCUT2D eigenvalue weighted by molar-refractivity contribution is 9.09. The molecule has 1 aromatic heterocycles. The quantitative estimate of drug-likeness (QED) is 0.778. The average Bonchev–Trinajstić information content (AvgIpc) is 2.59. The minimum Gasteiger partial charge on any atom is -0.295 e. The van der Waals surface area contributed by atoms with Crippen molar-refractivity contribution in [3.63, 3.8) is 0 Å². The molecule has 0 N–H and O–H groups in total. The Balaban J connectivity index is 1.98. The monoisotopic (exact) mass is 288 g/mol. The number of aromatic nitrogens is 1. The lowest BCUT2D eigenvalue weighted by molar-refractivity contribution is 0.320. The van der Waals surface area contributed by atoms with Crippen molar-refractivity contribution in [1.82, 2.24) is 9.88 Å². The van der Waals surface area contributed by atoms with Gasteiger partial charge in [0, 0.05) is 22.8 Å². The lowest BCUT2D eigenvalue weighted by Gasteiger charge is -2.12. The summed E-state index contributed by atoms with van der Waals surface area (Å²) in [6.07, 6.45) is 0. The molecule has 1 aliphatic rings. The van der Waals surface area contributed by atoms with Gasteiger partial charge in [0.05, 0.1) is 12.2 Å². The molecule has 0 aromatic carbocycles. The van der Waals surface area contributed by atoms with Crippen LogP contribution < -0.4 is 0 Å². The van der Waals surface area contributed by atoms with Crippen molar-refractivity contribution in [2.45, 2.75) is 32.1 Å². The summed E-state index contributed by atoms with van der Waals surface area (Å²) in [5.41, 5.74) is 1.19. The summed E-state index contributed by atoms with van der Waals surface area (Å²) in [7, 11) is 0. The zero-order chi connectivity index (χ0) is 11.0. The molecule has 1 saturated heterocycles. The van der Waals surface area contributed by atoms with Gasteiger partial charge in [-0.05, 0) is 19.8 Å². The van der Waals surface area contributed by atoms with Crippen LogP contribution in [-0.4, -0.2) is 27.8 Å². The third-order valence-electron chi connectivity index (χ3n) is 3.03. The van der Waals surface area contributed by atoms with E-state index in [0.29, 0.717) is 4.83 Å². The summed E-state index contributed by atoms with van der Waals surface area (Å²) in [4.78, 5) is 9.08. The van der Waals surface area contributed by atoms with Gasteiger partial charge in [0.1, 0.15) is 5.01 Å². The Morgan fingerprint density at radius 1 is 1.47 bits per heavy atom. The highest BCUT2D eigenvalue weighted by Crippen LogP contribution is 2.26.